The molecule has 0 saturated carbocycles. The quantitative estimate of drug-likeness (QED) is 0.666. The molecule has 4 heteroatoms. The van der Waals surface area contributed by atoms with E-state index < -0.39 is 5.79 Å². The predicted molar refractivity (Wildman–Crippen MR) is 53.5 cm³/mol. The van der Waals surface area contributed by atoms with E-state index in [-0.39, 0.29) is 17.6 Å². The monoisotopic (exact) mass is 220 g/mol. The van der Waals surface area contributed by atoms with E-state index in [4.69, 9.17) is 25.8 Å². The number of hydrogen-bond donors (Lipinski definition) is 0. The predicted octanol–water partition coefficient (Wildman–Crippen LogP) is 1.92. The molecule has 0 amide bonds. The first kappa shape index (κ1) is 10.7. The van der Waals surface area contributed by atoms with Crippen LogP contribution in [0.4, 0.5) is 0 Å². The van der Waals surface area contributed by atoms with E-state index in [1.54, 1.807) is 7.11 Å². The van der Waals surface area contributed by atoms with Gasteiger partial charge in [0.25, 0.3) is 0 Å². The highest BCUT2D eigenvalue weighted by molar-refractivity contribution is 6.21. The minimum Gasteiger partial charge on any atom is -0.368 e. The summed E-state index contributed by atoms with van der Waals surface area (Å²) in [6.07, 6.45) is 2.80. The normalized spacial score (nSPS) is 47.8. The van der Waals surface area contributed by atoms with Crippen molar-refractivity contribution in [1.29, 1.82) is 0 Å². The van der Waals surface area contributed by atoms with E-state index in [9.17, 15) is 0 Å². The van der Waals surface area contributed by atoms with Crippen molar-refractivity contribution in [2.75, 3.05) is 13.7 Å². The van der Waals surface area contributed by atoms with Crippen molar-refractivity contribution in [2.24, 2.45) is 0 Å². The summed E-state index contributed by atoms with van der Waals surface area (Å²) >= 11 is 6.23. The van der Waals surface area contributed by atoms with Crippen LogP contribution in [0.15, 0.2) is 0 Å². The molecule has 14 heavy (non-hydrogen) atoms. The number of alkyl halides is 1. The van der Waals surface area contributed by atoms with Crippen LogP contribution in [0, 0.1) is 0 Å². The lowest BCUT2D eigenvalue weighted by atomic mass is 9.95. The number of halogens is 1. The molecule has 0 unspecified atom stereocenters. The third kappa shape index (κ3) is 1.56. The Morgan fingerprint density at radius 1 is 1.57 bits per heavy atom. The number of hydrogen-bond acceptors (Lipinski definition) is 3. The van der Waals surface area contributed by atoms with Gasteiger partial charge in [-0.2, -0.15) is 0 Å². The molecule has 2 saturated heterocycles. The highest BCUT2D eigenvalue weighted by Gasteiger charge is 2.52. The zero-order valence-corrected chi connectivity index (χ0v) is 9.42. The second-order valence-corrected chi connectivity index (χ2v) is 4.51. The molecule has 0 radical (unpaired) electrons. The van der Waals surface area contributed by atoms with Crippen LogP contribution in [0.25, 0.3) is 0 Å². The molecule has 0 bridgehead atoms. The summed E-state index contributed by atoms with van der Waals surface area (Å²) < 4.78 is 16.9. The van der Waals surface area contributed by atoms with Gasteiger partial charge < -0.3 is 14.2 Å². The van der Waals surface area contributed by atoms with Gasteiger partial charge in [0, 0.05) is 20.0 Å². The zero-order chi connectivity index (χ0) is 10.2. The van der Waals surface area contributed by atoms with E-state index >= 15 is 0 Å². The zero-order valence-electron chi connectivity index (χ0n) is 8.66. The van der Waals surface area contributed by atoms with Crippen molar-refractivity contribution in [1.82, 2.24) is 0 Å². The minimum atomic E-state index is -0.571. The van der Waals surface area contributed by atoms with Gasteiger partial charge in [0.15, 0.2) is 5.79 Å². The van der Waals surface area contributed by atoms with Crippen LogP contribution in [-0.2, 0) is 14.2 Å². The molecule has 0 aromatic carbocycles. The van der Waals surface area contributed by atoms with Crippen molar-refractivity contribution in [3.05, 3.63) is 0 Å². The van der Waals surface area contributed by atoms with Crippen LogP contribution in [0.3, 0.4) is 0 Å². The second-order valence-electron chi connectivity index (χ2n) is 3.94. The summed E-state index contributed by atoms with van der Waals surface area (Å²) in [6, 6.07) is 0. The Hall–Kier alpha value is 0.170. The Kier molecular flexibility index (Phi) is 3.03. The molecule has 2 heterocycles. The molecule has 82 valence electrons. The molecule has 2 fully saturated rings. The number of rotatable bonds is 2. The molecule has 3 nitrogen and oxygen atoms in total. The lowest BCUT2D eigenvalue weighted by Crippen LogP contribution is -2.53. The second kappa shape index (κ2) is 3.97. The molecule has 0 N–H and O–H groups in total. The summed E-state index contributed by atoms with van der Waals surface area (Å²) in [5.41, 5.74) is 0. The number of fused-ring (bicyclic) bond motifs is 1. The number of ether oxygens (including phenoxy) is 3. The van der Waals surface area contributed by atoms with Gasteiger partial charge in [-0.3, -0.25) is 0 Å². The topological polar surface area (TPSA) is 27.7 Å². The van der Waals surface area contributed by atoms with Crippen LogP contribution in [0.2, 0.25) is 0 Å². The average molecular weight is 221 g/mol. The molecule has 2 aliphatic heterocycles. The highest BCUT2D eigenvalue weighted by Crippen LogP contribution is 2.41. The first-order valence-electron chi connectivity index (χ1n) is 5.20. The highest BCUT2D eigenvalue weighted by atomic mass is 35.5. The Bertz CT molecular complexity index is 212. The molecule has 0 aromatic rings. The van der Waals surface area contributed by atoms with Gasteiger partial charge in [0.05, 0.1) is 18.1 Å². The molecule has 0 spiro atoms. The van der Waals surface area contributed by atoms with Crippen molar-refractivity contribution < 1.29 is 14.2 Å². The minimum absolute atomic E-state index is 0.00528. The van der Waals surface area contributed by atoms with Gasteiger partial charge in [0.2, 0.25) is 0 Å². The van der Waals surface area contributed by atoms with Gasteiger partial charge in [-0.1, -0.05) is 6.92 Å². The van der Waals surface area contributed by atoms with Crippen LogP contribution in [0.5, 0.6) is 0 Å². The summed E-state index contributed by atoms with van der Waals surface area (Å²) in [5, 5.41) is -0.00528. The van der Waals surface area contributed by atoms with E-state index in [0.29, 0.717) is 6.61 Å². The Balaban J connectivity index is 2.12. The fourth-order valence-electron chi connectivity index (χ4n) is 2.34. The van der Waals surface area contributed by atoms with Gasteiger partial charge in [-0.15, -0.1) is 11.6 Å². The standard InChI is InChI=1S/C10H17ClO3/c1-3-8-7(11)6-10(12-2)9(14-8)4-5-13-10/h7-9H,3-6H2,1-2H3/t7-,8-,9+,10+/m0/s1. The van der Waals surface area contributed by atoms with Crippen LogP contribution in [-0.4, -0.2) is 37.1 Å². The van der Waals surface area contributed by atoms with Crippen molar-refractivity contribution in [3.8, 4) is 0 Å². The maximum Gasteiger partial charge on any atom is 0.196 e. The van der Waals surface area contributed by atoms with Gasteiger partial charge in [-0.25, -0.2) is 0 Å². The van der Waals surface area contributed by atoms with Crippen LogP contribution < -0.4 is 0 Å². The van der Waals surface area contributed by atoms with E-state index in [0.717, 1.165) is 19.3 Å². The fraction of sp³-hybridized carbons (Fsp3) is 1.00. The molecule has 4 atom stereocenters. The molecule has 2 rings (SSSR count). The molecule has 2 aliphatic rings. The first-order chi connectivity index (χ1) is 6.72. The maximum atomic E-state index is 6.23. The first-order valence-corrected chi connectivity index (χ1v) is 5.64. The molecular weight excluding hydrogens is 204 g/mol. The lowest BCUT2D eigenvalue weighted by Gasteiger charge is -2.42. The third-order valence-electron chi connectivity index (χ3n) is 3.19. The summed E-state index contributed by atoms with van der Waals surface area (Å²) in [5.74, 6) is -0.571. The van der Waals surface area contributed by atoms with Crippen molar-refractivity contribution in [2.45, 2.75) is 49.6 Å². The molecular formula is C10H17ClO3. The maximum absolute atomic E-state index is 6.23. The van der Waals surface area contributed by atoms with Gasteiger partial charge in [-0.05, 0) is 6.42 Å². The fourth-order valence-corrected chi connectivity index (χ4v) is 2.79. The van der Waals surface area contributed by atoms with Crippen molar-refractivity contribution in [3.63, 3.8) is 0 Å². The Labute approximate surface area is 89.7 Å². The van der Waals surface area contributed by atoms with Crippen LogP contribution >= 0.6 is 11.6 Å². The smallest absolute Gasteiger partial charge is 0.196 e. The lowest BCUT2D eigenvalue weighted by molar-refractivity contribution is -0.274. The number of methoxy groups -OCH3 is 1. The third-order valence-corrected chi connectivity index (χ3v) is 3.62. The molecule has 0 aliphatic carbocycles. The Morgan fingerprint density at radius 2 is 2.36 bits per heavy atom. The van der Waals surface area contributed by atoms with Crippen molar-refractivity contribution >= 4 is 11.6 Å². The van der Waals surface area contributed by atoms with Gasteiger partial charge in [0.1, 0.15) is 6.10 Å². The summed E-state index contributed by atoms with van der Waals surface area (Å²) in [7, 11) is 1.66. The van der Waals surface area contributed by atoms with E-state index in [1.807, 2.05) is 0 Å². The average Bonchev–Trinajstić information content (AvgIpc) is 2.59. The SMILES string of the molecule is CC[C@@H]1O[C@@H]2CCO[C@]2(OC)C[C@@H]1Cl. The Morgan fingerprint density at radius 3 is 3.00 bits per heavy atom. The van der Waals surface area contributed by atoms with Crippen LogP contribution in [0.1, 0.15) is 26.2 Å². The summed E-state index contributed by atoms with van der Waals surface area (Å²) in [4.78, 5) is 0. The van der Waals surface area contributed by atoms with E-state index in [2.05, 4.69) is 6.92 Å². The molecule has 0 aromatic heterocycles. The van der Waals surface area contributed by atoms with E-state index in [1.165, 1.54) is 0 Å². The largest absolute Gasteiger partial charge is 0.368 e. The van der Waals surface area contributed by atoms with Gasteiger partial charge >= 0.3 is 0 Å². The summed E-state index contributed by atoms with van der Waals surface area (Å²) in [6.45, 7) is 2.80.